The van der Waals surface area contributed by atoms with Crippen LogP contribution in [0, 0.1) is 13.8 Å². The molecule has 0 spiro atoms. The van der Waals surface area contributed by atoms with E-state index in [2.05, 4.69) is 3.77 Å². The third-order valence-electron chi connectivity index (χ3n) is 3.79. The van der Waals surface area contributed by atoms with Crippen molar-refractivity contribution in [2.45, 2.75) is 23.0 Å². The highest BCUT2D eigenvalue weighted by Gasteiger charge is 2.23. The lowest BCUT2D eigenvalue weighted by Crippen LogP contribution is -2.04. The first-order valence-electron chi connectivity index (χ1n) is 7.34. The average Bonchev–Trinajstić information content (AvgIpc) is 2.84. The Hall–Kier alpha value is -1.41. The molecule has 132 valence electrons. The lowest BCUT2D eigenvalue weighted by Gasteiger charge is -2.05. The Labute approximate surface area is 156 Å². The molecule has 1 atom stereocenters. The number of halogens is 1. The maximum Gasteiger partial charge on any atom is 0.300 e. The maximum absolute atomic E-state index is 12.9. The van der Waals surface area contributed by atoms with E-state index in [4.69, 9.17) is 11.6 Å². The molecule has 0 aliphatic heterocycles. The van der Waals surface area contributed by atoms with Gasteiger partial charge in [0.05, 0.1) is 9.73 Å². The molecule has 1 heterocycles. The molecule has 0 saturated carbocycles. The fourth-order valence-corrected chi connectivity index (χ4v) is 7.78. The Morgan fingerprint density at radius 3 is 2.28 bits per heavy atom. The molecule has 0 fully saturated rings. The van der Waals surface area contributed by atoms with Crippen molar-refractivity contribution in [1.82, 2.24) is 0 Å². The summed E-state index contributed by atoms with van der Waals surface area (Å²) < 4.78 is 43.2. The lowest BCUT2D eigenvalue weighted by molar-refractivity contribution is 0.599. The second-order valence-corrected chi connectivity index (χ2v) is 11.6. The molecular weight excluding hydrogens is 398 g/mol. The summed E-state index contributed by atoms with van der Waals surface area (Å²) >= 11 is 7.11. The quantitative estimate of drug-likeness (QED) is 0.605. The summed E-state index contributed by atoms with van der Waals surface area (Å²) in [6.45, 7) is 3.61. The van der Waals surface area contributed by atoms with E-state index in [1.807, 2.05) is 6.92 Å². The van der Waals surface area contributed by atoms with Crippen LogP contribution >= 0.6 is 22.9 Å². The fourth-order valence-electron chi connectivity index (χ4n) is 2.47. The zero-order valence-corrected chi connectivity index (χ0v) is 17.0. The maximum atomic E-state index is 12.9. The molecule has 0 unspecified atom stereocenters. The standard InChI is InChI=1S/C17H16ClNO3S3/c1-11-4-7-14(8-5-11)24(3,20)19-25(21,22)17-12(2)15-10-13(18)6-9-16(15)23-17/h4-10H,1-3H3/t24-/m1/s1. The Bertz CT molecular complexity index is 1190. The van der Waals surface area contributed by atoms with Crippen molar-refractivity contribution in [3.63, 3.8) is 0 Å². The normalized spacial score (nSPS) is 14.4. The smallest absolute Gasteiger partial charge is 0.244 e. The van der Waals surface area contributed by atoms with E-state index in [0.29, 0.717) is 15.5 Å². The van der Waals surface area contributed by atoms with Gasteiger partial charge in [0.2, 0.25) is 0 Å². The van der Waals surface area contributed by atoms with Gasteiger partial charge < -0.3 is 0 Å². The van der Waals surface area contributed by atoms with Crippen molar-refractivity contribution in [3.8, 4) is 0 Å². The first-order valence-corrected chi connectivity index (χ1v) is 11.9. The van der Waals surface area contributed by atoms with Crippen molar-refractivity contribution >= 4 is 52.8 Å². The number of benzene rings is 2. The van der Waals surface area contributed by atoms with Crippen LogP contribution in [0.2, 0.25) is 5.02 Å². The van der Waals surface area contributed by atoms with Gasteiger partial charge in [-0.2, -0.15) is 8.42 Å². The number of hydrogen-bond acceptors (Lipinski definition) is 4. The van der Waals surface area contributed by atoms with E-state index >= 15 is 0 Å². The molecule has 0 amide bonds. The summed E-state index contributed by atoms with van der Waals surface area (Å²) in [6, 6.07) is 12.1. The summed E-state index contributed by atoms with van der Waals surface area (Å²) in [5.74, 6) is 0. The third-order valence-corrected chi connectivity index (χ3v) is 9.82. The van der Waals surface area contributed by atoms with Crippen LogP contribution in [0.4, 0.5) is 0 Å². The number of rotatable bonds is 3. The zero-order valence-electron chi connectivity index (χ0n) is 13.8. The Balaban J connectivity index is 2.18. The number of thiophene rings is 1. The molecule has 2 aromatic carbocycles. The molecule has 8 heteroatoms. The predicted molar refractivity (Wildman–Crippen MR) is 105 cm³/mol. The highest BCUT2D eigenvalue weighted by molar-refractivity contribution is 8.03. The topological polar surface area (TPSA) is 63.6 Å². The molecule has 4 nitrogen and oxygen atoms in total. The molecule has 0 N–H and O–H groups in total. The number of aryl methyl sites for hydroxylation is 2. The lowest BCUT2D eigenvalue weighted by atomic mass is 10.2. The molecule has 3 rings (SSSR count). The van der Waals surface area contributed by atoms with Crippen LogP contribution in [0.25, 0.3) is 10.1 Å². The monoisotopic (exact) mass is 413 g/mol. The van der Waals surface area contributed by atoms with E-state index < -0.39 is 19.8 Å². The molecule has 25 heavy (non-hydrogen) atoms. The van der Waals surface area contributed by atoms with Crippen LogP contribution in [0.5, 0.6) is 0 Å². The van der Waals surface area contributed by atoms with Crippen LogP contribution in [0.1, 0.15) is 11.1 Å². The van der Waals surface area contributed by atoms with Crippen LogP contribution in [-0.2, 0) is 19.8 Å². The summed E-state index contributed by atoms with van der Waals surface area (Å²) in [5.41, 5.74) is 1.57. The number of nitrogens with zero attached hydrogens (tertiary/aromatic N) is 1. The predicted octanol–water partition coefficient (Wildman–Crippen LogP) is 5.02. The Morgan fingerprint density at radius 2 is 1.64 bits per heavy atom. The van der Waals surface area contributed by atoms with Gasteiger partial charge in [0.25, 0.3) is 10.0 Å². The molecule has 0 aliphatic carbocycles. The van der Waals surface area contributed by atoms with Gasteiger partial charge in [0.15, 0.2) is 0 Å². The number of fused-ring (bicyclic) bond motifs is 1. The van der Waals surface area contributed by atoms with Crippen molar-refractivity contribution in [1.29, 1.82) is 0 Å². The average molecular weight is 414 g/mol. The summed E-state index contributed by atoms with van der Waals surface area (Å²) in [6.07, 6.45) is 1.34. The molecule has 3 aromatic rings. The third kappa shape index (κ3) is 3.60. The van der Waals surface area contributed by atoms with Gasteiger partial charge in [-0.1, -0.05) is 29.3 Å². The summed E-state index contributed by atoms with van der Waals surface area (Å²) in [4.78, 5) is 0.392. The minimum Gasteiger partial charge on any atom is -0.244 e. The van der Waals surface area contributed by atoms with Gasteiger partial charge in [-0.25, -0.2) is 4.21 Å². The molecule has 1 aromatic heterocycles. The second kappa shape index (κ2) is 6.39. The van der Waals surface area contributed by atoms with Crippen molar-refractivity contribution in [3.05, 3.63) is 58.6 Å². The fraction of sp³-hybridized carbons (Fsp3) is 0.176. The molecule has 0 aliphatic rings. The van der Waals surface area contributed by atoms with Crippen LogP contribution in [0.15, 0.2) is 55.3 Å². The zero-order chi connectivity index (χ0) is 18.4. The Morgan fingerprint density at radius 1 is 1.00 bits per heavy atom. The van der Waals surface area contributed by atoms with Crippen molar-refractivity contribution < 1.29 is 12.6 Å². The van der Waals surface area contributed by atoms with E-state index in [1.165, 1.54) is 6.26 Å². The van der Waals surface area contributed by atoms with E-state index in [-0.39, 0.29) is 4.21 Å². The van der Waals surface area contributed by atoms with Gasteiger partial charge in [0, 0.05) is 20.9 Å². The second-order valence-electron chi connectivity index (χ2n) is 5.82. The van der Waals surface area contributed by atoms with Crippen molar-refractivity contribution in [2.75, 3.05) is 6.26 Å². The van der Waals surface area contributed by atoms with E-state index in [0.717, 1.165) is 27.0 Å². The SMILES string of the molecule is Cc1ccc([S@@](C)(=O)=NS(=O)(=O)c2sc3ccc(Cl)cc3c2C)cc1. The van der Waals surface area contributed by atoms with Gasteiger partial charge >= 0.3 is 0 Å². The summed E-state index contributed by atoms with van der Waals surface area (Å²) in [7, 11) is -7.13. The minimum atomic E-state index is -4.06. The highest BCUT2D eigenvalue weighted by Crippen LogP contribution is 2.36. The van der Waals surface area contributed by atoms with Crippen LogP contribution in [0.3, 0.4) is 0 Å². The molecular formula is C17H16ClNO3S3. The number of hydrogen-bond donors (Lipinski definition) is 0. The van der Waals surface area contributed by atoms with E-state index in [9.17, 15) is 12.6 Å². The van der Waals surface area contributed by atoms with E-state index in [1.54, 1.807) is 49.4 Å². The highest BCUT2D eigenvalue weighted by atomic mass is 35.5. The Kier molecular flexibility index (Phi) is 4.70. The van der Waals surface area contributed by atoms with Gasteiger partial charge in [-0.15, -0.1) is 15.1 Å². The first-order chi connectivity index (χ1) is 11.6. The van der Waals surface area contributed by atoms with Gasteiger partial charge in [-0.3, -0.25) is 0 Å². The summed E-state index contributed by atoms with van der Waals surface area (Å²) in [5, 5.41) is 1.30. The molecule has 0 bridgehead atoms. The molecule has 0 saturated heterocycles. The first kappa shape index (κ1) is 18.4. The number of sulfonamides is 1. The minimum absolute atomic E-state index is 0.103. The largest absolute Gasteiger partial charge is 0.300 e. The van der Waals surface area contributed by atoms with Gasteiger partial charge in [0.1, 0.15) is 4.21 Å². The molecule has 0 radical (unpaired) electrons. The van der Waals surface area contributed by atoms with Crippen LogP contribution < -0.4 is 0 Å². The van der Waals surface area contributed by atoms with Crippen LogP contribution in [-0.4, -0.2) is 18.9 Å². The van der Waals surface area contributed by atoms with Gasteiger partial charge in [-0.05, 0) is 55.1 Å². The van der Waals surface area contributed by atoms with Crippen molar-refractivity contribution in [2.24, 2.45) is 3.77 Å².